The molecule has 0 fully saturated rings. The van der Waals surface area contributed by atoms with Crippen LogP contribution < -0.4 is 16.0 Å². The number of hydrogen-bond acceptors (Lipinski definition) is 8. The molecule has 156 valence electrons. The van der Waals surface area contributed by atoms with Gasteiger partial charge in [0.1, 0.15) is 23.4 Å². The molecule has 1 heterocycles. The highest BCUT2D eigenvalue weighted by Gasteiger charge is 2.24. The summed E-state index contributed by atoms with van der Waals surface area (Å²) < 4.78 is 31.2. The molecule has 2 aromatic rings. The van der Waals surface area contributed by atoms with E-state index in [4.69, 9.17) is 4.42 Å². The van der Waals surface area contributed by atoms with Crippen LogP contribution >= 0.6 is 0 Å². The highest BCUT2D eigenvalue weighted by Crippen LogP contribution is 2.19. The van der Waals surface area contributed by atoms with Gasteiger partial charge in [0.25, 0.3) is 0 Å². The minimum Gasteiger partial charge on any atom is -0.463 e. The normalized spacial score (nSPS) is 12.4. The van der Waals surface area contributed by atoms with E-state index in [9.17, 15) is 13.7 Å². The first kappa shape index (κ1) is 22.5. The van der Waals surface area contributed by atoms with E-state index < -0.39 is 9.84 Å². The van der Waals surface area contributed by atoms with Crippen molar-refractivity contribution in [3.05, 3.63) is 64.7 Å². The number of sulfone groups is 1. The van der Waals surface area contributed by atoms with Gasteiger partial charge in [-0.2, -0.15) is 5.26 Å². The molecule has 9 heteroatoms. The van der Waals surface area contributed by atoms with Crippen LogP contribution in [-0.2, 0) is 22.9 Å². The second-order valence-electron chi connectivity index (χ2n) is 6.59. The number of nitrogens with one attached hydrogen (secondary N) is 3. The number of rotatable bonds is 11. The zero-order chi connectivity index (χ0) is 21.3. The molecule has 0 aliphatic rings. The van der Waals surface area contributed by atoms with Gasteiger partial charge in [-0.05, 0) is 38.4 Å². The number of nitrogens with zero attached hydrogens (tertiary/aromatic N) is 2. The highest BCUT2D eigenvalue weighted by atomic mass is 32.2. The van der Waals surface area contributed by atoms with Gasteiger partial charge in [-0.1, -0.05) is 18.2 Å². The van der Waals surface area contributed by atoms with Crippen LogP contribution in [0.4, 0.5) is 0 Å². The van der Waals surface area contributed by atoms with Gasteiger partial charge in [-0.25, -0.2) is 8.42 Å². The fraction of sp³-hybridized carbons (Fsp3) is 0.350. The fourth-order valence-corrected chi connectivity index (χ4v) is 3.97. The molecule has 0 saturated carbocycles. The Morgan fingerprint density at radius 1 is 1.10 bits per heavy atom. The summed E-state index contributed by atoms with van der Waals surface area (Å²) in [5, 5.41) is 18.4. The number of allylic oxidation sites excluding steroid dienone is 1. The standard InChI is InChI=1S/C20H27N5O3S/c1-22-20(19(13-21)29(26,27)18-7-5-4-6-8-18)24-12-11-23-14-16-9-10-17(28-16)15-25(2)3/h4-10,22-24H,11-12,14-15H2,1-3H3. The van der Waals surface area contributed by atoms with Gasteiger partial charge >= 0.3 is 0 Å². The lowest BCUT2D eigenvalue weighted by atomic mass is 10.4. The third-order valence-corrected chi connectivity index (χ3v) is 5.72. The lowest BCUT2D eigenvalue weighted by Crippen LogP contribution is -2.33. The maximum Gasteiger partial charge on any atom is 0.220 e. The molecule has 3 N–H and O–H groups in total. The van der Waals surface area contributed by atoms with Crippen LogP contribution in [0.1, 0.15) is 11.5 Å². The van der Waals surface area contributed by atoms with Crippen molar-refractivity contribution in [3.8, 4) is 6.07 Å². The molecular weight excluding hydrogens is 390 g/mol. The van der Waals surface area contributed by atoms with E-state index in [0.717, 1.165) is 18.1 Å². The maximum atomic E-state index is 12.7. The molecule has 0 unspecified atom stereocenters. The summed E-state index contributed by atoms with van der Waals surface area (Å²) in [7, 11) is 1.63. The molecule has 0 aliphatic carbocycles. The quantitative estimate of drug-likeness (QED) is 0.372. The minimum atomic E-state index is -3.90. The van der Waals surface area contributed by atoms with Crippen LogP contribution in [0.15, 0.2) is 62.5 Å². The van der Waals surface area contributed by atoms with Crippen molar-refractivity contribution in [2.45, 2.75) is 18.0 Å². The molecule has 8 nitrogen and oxygen atoms in total. The third-order valence-electron chi connectivity index (χ3n) is 3.99. The minimum absolute atomic E-state index is 0.0792. The molecule has 0 radical (unpaired) electrons. The van der Waals surface area contributed by atoms with E-state index in [1.165, 1.54) is 12.1 Å². The second kappa shape index (κ2) is 10.7. The maximum absolute atomic E-state index is 12.7. The number of nitriles is 1. The Kier molecular flexibility index (Phi) is 8.27. The van der Waals surface area contributed by atoms with Crippen molar-refractivity contribution < 1.29 is 12.8 Å². The van der Waals surface area contributed by atoms with Gasteiger partial charge in [-0.3, -0.25) is 0 Å². The van der Waals surface area contributed by atoms with Crippen molar-refractivity contribution in [2.75, 3.05) is 34.2 Å². The van der Waals surface area contributed by atoms with Crippen LogP contribution in [0.5, 0.6) is 0 Å². The van der Waals surface area contributed by atoms with Gasteiger partial charge in [0.05, 0.1) is 18.0 Å². The van der Waals surface area contributed by atoms with Crippen LogP contribution in [0.25, 0.3) is 0 Å². The summed E-state index contributed by atoms with van der Waals surface area (Å²) in [4.78, 5) is 1.77. The lowest BCUT2D eigenvalue weighted by molar-refractivity contribution is 0.339. The Morgan fingerprint density at radius 2 is 1.79 bits per heavy atom. The summed E-state index contributed by atoms with van der Waals surface area (Å²) in [6, 6.07) is 13.6. The molecular formula is C20H27N5O3S. The van der Waals surface area contributed by atoms with Crippen molar-refractivity contribution in [1.29, 1.82) is 5.26 Å². The molecule has 0 bridgehead atoms. The number of furan rings is 1. The molecule has 0 aliphatic heterocycles. The van der Waals surface area contributed by atoms with E-state index in [1.807, 2.05) is 31.1 Å². The largest absolute Gasteiger partial charge is 0.463 e. The fourth-order valence-electron chi connectivity index (χ4n) is 2.65. The molecule has 0 spiro atoms. The van der Waals surface area contributed by atoms with Crippen LogP contribution in [0, 0.1) is 11.3 Å². The summed E-state index contributed by atoms with van der Waals surface area (Å²) in [5.74, 6) is 1.90. The van der Waals surface area contributed by atoms with E-state index in [2.05, 4.69) is 16.0 Å². The summed E-state index contributed by atoms with van der Waals surface area (Å²) in [6.45, 7) is 2.28. The first-order valence-electron chi connectivity index (χ1n) is 9.17. The second-order valence-corrected chi connectivity index (χ2v) is 8.48. The Morgan fingerprint density at radius 3 is 2.41 bits per heavy atom. The topological polar surface area (TPSA) is 110 Å². The molecule has 0 amide bonds. The number of benzene rings is 1. The Balaban J connectivity index is 1.93. The van der Waals surface area contributed by atoms with Gasteiger partial charge in [0.2, 0.25) is 9.84 Å². The Bertz CT molecular complexity index is 960. The zero-order valence-corrected chi connectivity index (χ0v) is 17.7. The average molecular weight is 418 g/mol. The van der Waals surface area contributed by atoms with Crippen molar-refractivity contribution in [2.24, 2.45) is 0 Å². The molecule has 0 atom stereocenters. The van der Waals surface area contributed by atoms with E-state index in [0.29, 0.717) is 19.6 Å². The van der Waals surface area contributed by atoms with Gasteiger partial charge in [-0.15, -0.1) is 0 Å². The molecule has 29 heavy (non-hydrogen) atoms. The van der Waals surface area contributed by atoms with E-state index in [-0.39, 0.29) is 15.6 Å². The molecule has 0 saturated heterocycles. The monoisotopic (exact) mass is 417 g/mol. The SMILES string of the molecule is CNC(NCCNCc1ccc(CN(C)C)o1)=C(C#N)S(=O)(=O)c1ccccc1. The average Bonchev–Trinajstić information content (AvgIpc) is 3.13. The van der Waals surface area contributed by atoms with Crippen LogP contribution in [0.3, 0.4) is 0 Å². The van der Waals surface area contributed by atoms with Gasteiger partial charge < -0.3 is 25.3 Å². The summed E-state index contributed by atoms with van der Waals surface area (Å²) >= 11 is 0. The summed E-state index contributed by atoms with van der Waals surface area (Å²) in [5.41, 5.74) is 0. The Labute approximate surface area is 172 Å². The first-order chi connectivity index (χ1) is 13.9. The van der Waals surface area contributed by atoms with Crippen molar-refractivity contribution >= 4 is 9.84 Å². The molecule has 2 rings (SSSR count). The Hall–Kier alpha value is -2.80. The van der Waals surface area contributed by atoms with Crippen LogP contribution in [0.2, 0.25) is 0 Å². The summed E-state index contributed by atoms with van der Waals surface area (Å²) in [6.07, 6.45) is 0. The molecule has 1 aromatic carbocycles. The van der Waals surface area contributed by atoms with Crippen molar-refractivity contribution in [3.63, 3.8) is 0 Å². The number of hydrogen-bond donors (Lipinski definition) is 3. The predicted octanol–water partition coefficient (Wildman–Crippen LogP) is 1.41. The van der Waals surface area contributed by atoms with Crippen molar-refractivity contribution in [1.82, 2.24) is 20.9 Å². The predicted molar refractivity (Wildman–Crippen MR) is 111 cm³/mol. The smallest absolute Gasteiger partial charge is 0.220 e. The molecule has 1 aromatic heterocycles. The highest BCUT2D eigenvalue weighted by molar-refractivity contribution is 7.95. The van der Waals surface area contributed by atoms with Crippen LogP contribution in [-0.4, -0.2) is 47.6 Å². The zero-order valence-electron chi connectivity index (χ0n) is 16.9. The van der Waals surface area contributed by atoms with Gasteiger partial charge in [0, 0.05) is 20.1 Å². The lowest BCUT2D eigenvalue weighted by Gasteiger charge is -2.13. The first-order valence-corrected chi connectivity index (χ1v) is 10.7. The third kappa shape index (κ3) is 6.35. The van der Waals surface area contributed by atoms with Gasteiger partial charge in [0.15, 0.2) is 4.91 Å². The van der Waals surface area contributed by atoms with E-state index in [1.54, 1.807) is 31.3 Å². The van der Waals surface area contributed by atoms with E-state index >= 15 is 0 Å².